The molecule has 5 heterocycles. The summed E-state index contributed by atoms with van der Waals surface area (Å²) < 4.78 is 36.3. The smallest absolute Gasteiger partial charge is 0.253 e. The molecule has 0 saturated carbocycles. The van der Waals surface area contributed by atoms with Crippen LogP contribution in [0.25, 0.3) is 16.3 Å². The van der Waals surface area contributed by atoms with Gasteiger partial charge in [0.15, 0.2) is 0 Å². The van der Waals surface area contributed by atoms with Gasteiger partial charge in [-0.1, -0.05) is 62.8 Å². The molecule has 2 amide bonds. The number of benzene rings is 3. The highest BCUT2D eigenvalue weighted by atomic mass is 32.2. The fourth-order valence-corrected chi connectivity index (χ4v) is 11.5. The van der Waals surface area contributed by atoms with Gasteiger partial charge in [-0.05, 0) is 76.3 Å². The van der Waals surface area contributed by atoms with Gasteiger partial charge >= 0.3 is 0 Å². The standard InChI is InChI=1S/C43H53N5O6S/c1-41(2)37-28-42-22-15-24-47(42)40(50)43(37,45-39(42)49)27-33-31-21-20-29(26-35(31)48(51)38(33)41)54-25-12-10-8-6-5-7-9-11-23-44-55(52,53)36-19-14-16-30-32(36)17-13-18-34(30)46(3)4/h13-14,16-21,26-27,37,44H,5-12,15,22-25,28H2,1-4H3,(H,45,49)/t37-,42-,43-/m1/s1. The maximum absolute atomic E-state index is 14.0. The molecule has 0 aromatic heterocycles. The van der Waals surface area contributed by atoms with Crippen molar-refractivity contribution in [2.45, 2.75) is 100 Å². The molecule has 2 N–H and O–H groups in total. The average molecular weight is 768 g/mol. The number of hydrogen-bond acceptors (Lipinski definition) is 7. The molecule has 2 bridgehead atoms. The average Bonchev–Trinajstić information content (AvgIpc) is 3.72. The molecule has 4 saturated heterocycles. The van der Waals surface area contributed by atoms with E-state index in [4.69, 9.17) is 4.74 Å². The van der Waals surface area contributed by atoms with E-state index in [-0.39, 0.29) is 17.7 Å². The summed E-state index contributed by atoms with van der Waals surface area (Å²) in [6.07, 6.45) is 12.0. The van der Waals surface area contributed by atoms with E-state index in [9.17, 15) is 23.2 Å². The summed E-state index contributed by atoms with van der Waals surface area (Å²) in [5.41, 5.74) is 1.10. The van der Waals surface area contributed by atoms with E-state index in [0.717, 1.165) is 90.1 Å². The van der Waals surface area contributed by atoms with Gasteiger partial charge in [-0.3, -0.25) is 9.59 Å². The maximum Gasteiger partial charge on any atom is 0.253 e. The van der Waals surface area contributed by atoms with Crippen LogP contribution < -0.4 is 19.7 Å². The SMILES string of the molecule is CN(C)c1cccc2c(S(=O)(=O)NCCCCCCCCCCOc3ccc4c(c3)[N+]([O-])=C3C4=C[C@]45NC(=O)[C@@]6(CCCN6C4=O)C[C@@H]5C3(C)C)cccc12. The zero-order valence-corrected chi connectivity index (χ0v) is 33.3. The summed E-state index contributed by atoms with van der Waals surface area (Å²) >= 11 is 0. The van der Waals surface area contributed by atoms with Crippen molar-refractivity contribution in [3.63, 3.8) is 0 Å². The van der Waals surface area contributed by atoms with Gasteiger partial charge in [-0.25, -0.2) is 13.1 Å². The van der Waals surface area contributed by atoms with Crippen molar-refractivity contribution in [3.8, 4) is 5.75 Å². The molecule has 4 fully saturated rings. The summed E-state index contributed by atoms with van der Waals surface area (Å²) in [7, 11) is 0.296. The number of piperidine rings is 2. The Balaban J connectivity index is 0.780. The first-order valence-electron chi connectivity index (χ1n) is 20.0. The molecule has 292 valence electrons. The van der Waals surface area contributed by atoms with Crippen molar-refractivity contribution < 1.29 is 27.5 Å². The molecule has 55 heavy (non-hydrogen) atoms. The molecule has 1 aliphatic carbocycles. The molecule has 5 aliphatic heterocycles. The summed E-state index contributed by atoms with van der Waals surface area (Å²) in [4.78, 5) is 31.6. The Hall–Kier alpha value is -4.42. The lowest BCUT2D eigenvalue weighted by Gasteiger charge is -2.62. The van der Waals surface area contributed by atoms with E-state index >= 15 is 0 Å². The molecule has 3 aromatic rings. The molecular formula is C43H53N5O6S. The molecule has 12 heteroatoms. The van der Waals surface area contributed by atoms with E-state index in [1.54, 1.807) is 12.1 Å². The van der Waals surface area contributed by atoms with Crippen LogP contribution in [0.5, 0.6) is 5.75 Å². The van der Waals surface area contributed by atoms with Crippen LogP contribution in [0.2, 0.25) is 0 Å². The van der Waals surface area contributed by atoms with Crippen LogP contribution in [-0.2, 0) is 19.6 Å². The van der Waals surface area contributed by atoms with Crippen LogP contribution >= 0.6 is 0 Å². The molecule has 6 aliphatic rings. The second-order valence-corrected chi connectivity index (χ2v) is 18.6. The number of hydrogen-bond donors (Lipinski definition) is 2. The summed E-state index contributed by atoms with van der Waals surface area (Å²) in [6, 6.07) is 16.8. The van der Waals surface area contributed by atoms with Gasteiger partial charge in [0.25, 0.3) is 5.91 Å². The highest BCUT2D eigenvalue weighted by Crippen LogP contribution is 2.60. The normalized spacial score (nSPS) is 24.7. The lowest BCUT2D eigenvalue weighted by molar-refractivity contribution is -0.362. The molecule has 2 spiro atoms. The van der Waals surface area contributed by atoms with Crippen molar-refractivity contribution >= 4 is 55.3 Å². The molecule has 0 radical (unpaired) electrons. The fourth-order valence-electron chi connectivity index (χ4n) is 10.2. The van der Waals surface area contributed by atoms with Crippen LogP contribution in [0.3, 0.4) is 0 Å². The second-order valence-electron chi connectivity index (χ2n) is 16.9. The molecule has 11 nitrogen and oxygen atoms in total. The molecule has 9 rings (SSSR count). The van der Waals surface area contributed by atoms with Crippen molar-refractivity contribution in [1.29, 1.82) is 0 Å². The van der Waals surface area contributed by atoms with Gasteiger partial charge in [0.1, 0.15) is 16.8 Å². The van der Waals surface area contributed by atoms with Crippen LogP contribution in [0.1, 0.15) is 90.0 Å². The van der Waals surface area contributed by atoms with Crippen molar-refractivity contribution in [2.75, 3.05) is 38.7 Å². The third-order valence-corrected chi connectivity index (χ3v) is 14.5. The minimum atomic E-state index is -3.61. The molecular weight excluding hydrogens is 715 g/mol. The van der Waals surface area contributed by atoms with Gasteiger partial charge in [0, 0.05) is 49.6 Å². The predicted octanol–water partition coefficient (Wildman–Crippen LogP) is 6.65. The van der Waals surface area contributed by atoms with E-state index in [1.807, 2.05) is 86.3 Å². The maximum atomic E-state index is 14.0. The number of sulfonamides is 1. The van der Waals surface area contributed by atoms with E-state index < -0.39 is 26.5 Å². The number of carbonyl (C=O) groups is 2. The molecule has 0 unspecified atom stereocenters. The van der Waals surface area contributed by atoms with Crippen molar-refractivity contribution in [3.05, 3.63) is 71.4 Å². The van der Waals surface area contributed by atoms with Crippen LogP contribution in [0.4, 0.5) is 11.4 Å². The Kier molecular flexibility index (Phi) is 9.51. The first-order chi connectivity index (χ1) is 26.3. The Morgan fingerprint density at radius 1 is 0.964 bits per heavy atom. The summed E-state index contributed by atoms with van der Waals surface area (Å²) in [6.45, 7) is 5.67. The molecule has 3 aromatic carbocycles. The number of amides is 2. The zero-order valence-electron chi connectivity index (χ0n) is 32.4. The largest absolute Gasteiger partial charge is 0.618 e. The Morgan fingerprint density at radius 3 is 2.44 bits per heavy atom. The van der Waals surface area contributed by atoms with Gasteiger partial charge in [-0.2, -0.15) is 4.74 Å². The van der Waals surface area contributed by atoms with Gasteiger partial charge in [0.2, 0.25) is 27.3 Å². The number of nitrogens with zero attached hydrogens (tertiary/aromatic N) is 3. The number of piperazine rings is 1. The Morgan fingerprint density at radius 2 is 1.67 bits per heavy atom. The predicted molar refractivity (Wildman–Crippen MR) is 215 cm³/mol. The molecule has 3 atom stereocenters. The van der Waals surface area contributed by atoms with E-state index in [1.165, 1.54) is 0 Å². The van der Waals surface area contributed by atoms with Crippen LogP contribution in [0, 0.1) is 16.5 Å². The second kappa shape index (κ2) is 14.0. The number of anilines is 1. The number of ether oxygens (including phenoxy) is 1. The quantitative estimate of drug-likeness (QED) is 0.101. The van der Waals surface area contributed by atoms with Gasteiger partial charge < -0.3 is 25.1 Å². The minimum absolute atomic E-state index is 0.0381. The van der Waals surface area contributed by atoms with Gasteiger partial charge in [0.05, 0.1) is 34.1 Å². The van der Waals surface area contributed by atoms with Crippen LogP contribution in [-0.4, -0.2) is 80.5 Å². The zero-order chi connectivity index (χ0) is 38.8. The van der Waals surface area contributed by atoms with Gasteiger partial charge in [-0.15, -0.1) is 0 Å². The number of rotatable bonds is 15. The van der Waals surface area contributed by atoms with Crippen LogP contribution in [0.15, 0.2) is 65.6 Å². The van der Waals surface area contributed by atoms with Crippen molar-refractivity contribution in [1.82, 2.24) is 14.9 Å². The Labute approximate surface area is 324 Å². The number of allylic oxidation sites excluding steroid dienone is 1. The highest BCUT2D eigenvalue weighted by molar-refractivity contribution is 7.89. The minimum Gasteiger partial charge on any atom is -0.618 e. The number of carbonyl (C=O) groups excluding carboxylic acids is 2. The lowest BCUT2D eigenvalue weighted by Crippen LogP contribution is -2.83. The first kappa shape index (κ1) is 37.5. The number of unbranched alkanes of at least 4 members (excludes halogenated alkanes) is 7. The first-order valence-corrected chi connectivity index (χ1v) is 21.5. The highest BCUT2D eigenvalue weighted by Gasteiger charge is 2.74. The number of fused-ring (bicyclic) bond motifs is 5. The monoisotopic (exact) mass is 767 g/mol. The topological polar surface area (TPSA) is 134 Å². The number of nitrogens with one attached hydrogen (secondary N) is 2. The van der Waals surface area contributed by atoms with E-state index in [2.05, 4.69) is 10.0 Å². The lowest BCUT2D eigenvalue weighted by atomic mass is 9.51. The fraction of sp³-hybridized carbons (Fsp3) is 0.512. The summed E-state index contributed by atoms with van der Waals surface area (Å²) in [5.74, 6) is 0.337. The van der Waals surface area contributed by atoms with E-state index in [0.29, 0.717) is 54.6 Å². The third-order valence-electron chi connectivity index (χ3n) is 13.0. The third kappa shape index (κ3) is 6.02. The summed E-state index contributed by atoms with van der Waals surface area (Å²) in [5, 5.41) is 18.8. The van der Waals surface area contributed by atoms with Crippen molar-refractivity contribution in [2.24, 2.45) is 11.3 Å². The Bertz CT molecular complexity index is 2230.